The van der Waals surface area contributed by atoms with Crippen LogP contribution in [0.1, 0.15) is 25.7 Å². The van der Waals surface area contributed by atoms with Gasteiger partial charge in [-0.2, -0.15) is 0 Å². The van der Waals surface area contributed by atoms with Gasteiger partial charge in [-0.1, -0.05) is 0 Å². The third kappa shape index (κ3) is 2.04. The molecule has 0 N–H and O–H groups in total. The van der Waals surface area contributed by atoms with Gasteiger partial charge in [0.1, 0.15) is 6.73 Å². The van der Waals surface area contributed by atoms with E-state index >= 15 is 0 Å². The van der Waals surface area contributed by atoms with E-state index in [1.165, 1.54) is 12.0 Å². The molecule has 0 unspecified atom stereocenters. The molecule has 0 aromatic carbocycles. The van der Waals surface area contributed by atoms with E-state index in [0.29, 0.717) is 12.8 Å². The van der Waals surface area contributed by atoms with E-state index in [-0.39, 0.29) is 18.5 Å². The maximum absolute atomic E-state index is 11.2. The van der Waals surface area contributed by atoms with Crippen molar-refractivity contribution in [2.24, 2.45) is 0 Å². The molecule has 0 aromatic heterocycles. The van der Waals surface area contributed by atoms with Crippen molar-refractivity contribution < 1.29 is 14.3 Å². The van der Waals surface area contributed by atoms with Gasteiger partial charge in [0.05, 0.1) is 0 Å². The number of ether oxygens (including phenoxy) is 1. The molecule has 0 atom stereocenters. The minimum Gasteiger partial charge on any atom is -0.364 e. The number of nitrogens with zero attached hydrogens (tertiary/aromatic N) is 1. The number of amides is 2. The highest BCUT2D eigenvalue weighted by molar-refractivity contribution is 5.95. The van der Waals surface area contributed by atoms with Crippen LogP contribution < -0.4 is 0 Å². The van der Waals surface area contributed by atoms with Crippen molar-refractivity contribution in [3.63, 3.8) is 0 Å². The van der Waals surface area contributed by atoms with E-state index in [4.69, 9.17) is 4.74 Å². The maximum atomic E-state index is 11.2. The van der Waals surface area contributed by atoms with Gasteiger partial charge in [0.25, 0.3) is 0 Å². The van der Waals surface area contributed by atoms with Crippen LogP contribution in [0.25, 0.3) is 0 Å². The predicted octanol–water partition coefficient (Wildman–Crippen LogP) is 0.519. The molecular weight excluding hydrogens is 158 g/mol. The highest BCUT2D eigenvalue weighted by Gasteiger charge is 2.23. The number of methoxy groups -OCH3 is 1. The molecule has 1 aliphatic rings. The largest absolute Gasteiger partial charge is 0.364 e. The molecular formula is C8H13NO3. The Balaban J connectivity index is 2.61. The van der Waals surface area contributed by atoms with Crippen molar-refractivity contribution >= 4 is 11.8 Å². The highest BCUT2D eigenvalue weighted by Crippen LogP contribution is 2.11. The lowest BCUT2D eigenvalue weighted by molar-refractivity contribution is -0.149. The van der Waals surface area contributed by atoms with Crippen molar-refractivity contribution in [3.05, 3.63) is 0 Å². The van der Waals surface area contributed by atoms with Crippen LogP contribution in [0.5, 0.6) is 0 Å². The van der Waals surface area contributed by atoms with Gasteiger partial charge >= 0.3 is 0 Å². The lowest BCUT2D eigenvalue weighted by atomic mass is 10.2. The summed E-state index contributed by atoms with van der Waals surface area (Å²) in [6, 6.07) is 0. The molecule has 0 saturated carbocycles. The zero-order chi connectivity index (χ0) is 8.97. The predicted molar refractivity (Wildman–Crippen MR) is 42.2 cm³/mol. The van der Waals surface area contributed by atoms with Crippen LogP contribution >= 0.6 is 0 Å². The van der Waals surface area contributed by atoms with Crippen molar-refractivity contribution in [1.29, 1.82) is 0 Å². The smallest absolute Gasteiger partial charge is 0.231 e. The molecule has 1 aliphatic heterocycles. The first-order valence-electron chi connectivity index (χ1n) is 4.08. The number of carbonyl (C=O) groups excluding carboxylic acids is 2. The molecule has 0 spiro atoms. The fourth-order valence-corrected chi connectivity index (χ4v) is 1.23. The molecule has 0 aliphatic carbocycles. The van der Waals surface area contributed by atoms with E-state index < -0.39 is 0 Å². The molecule has 4 nitrogen and oxygen atoms in total. The summed E-state index contributed by atoms with van der Waals surface area (Å²) >= 11 is 0. The Labute approximate surface area is 71.5 Å². The van der Waals surface area contributed by atoms with Gasteiger partial charge in [0.2, 0.25) is 11.8 Å². The quantitative estimate of drug-likeness (QED) is 0.569. The second-order valence-electron chi connectivity index (χ2n) is 2.84. The van der Waals surface area contributed by atoms with E-state index in [1.807, 2.05) is 0 Å². The molecule has 4 heteroatoms. The molecule has 2 amide bonds. The molecule has 0 bridgehead atoms. The van der Waals surface area contributed by atoms with Gasteiger partial charge in [-0.05, 0) is 12.8 Å². The Kier molecular flexibility index (Phi) is 3.22. The normalized spacial score (nSPS) is 19.6. The highest BCUT2D eigenvalue weighted by atomic mass is 16.5. The number of likely N-dealkylation sites (tertiary alicyclic amines) is 1. The first-order valence-corrected chi connectivity index (χ1v) is 4.08. The third-order valence-electron chi connectivity index (χ3n) is 1.89. The maximum Gasteiger partial charge on any atom is 0.231 e. The van der Waals surface area contributed by atoms with Crippen molar-refractivity contribution in [3.8, 4) is 0 Å². The zero-order valence-corrected chi connectivity index (χ0v) is 7.21. The van der Waals surface area contributed by atoms with Crippen LogP contribution in [-0.4, -0.2) is 30.6 Å². The molecule has 1 fully saturated rings. The van der Waals surface area contributed by atoms with E-state index in [0.717, 1.165) is 12.8 Å². The Morgan fingerprint density at radius 2 is 1.75 bits per heavy atom. The van der Waals surface area contributed by atoms with Crippen LogP contribution in [0, 0.1) is 0 Å². The summed E-state index contributed by atoms with van der Waals surface area (Å²) in [6.45, 7) is 0.0949. The van der Waals surface area contributed by atoms with Crippen molar-refractivity contribution in [2.75, 3.05) is 13.8 Å². The molecule has 68 valence electrons. The van der Waals surface area contributed by atoms with E-state index in [1.54, 1.807) is 0 Å². The topological polar surface area (TPSA) is 46.6 Å². The average molecular weight is 171 g/mol. The van der Waals surface area contributed by atoms with Crippen LogP contribution in [0.3, 0.4) is 0 Å². The molecule has 1 rings (SSSR count). The zero-order valence-electron chi connectivity index (χ0n) is 7.21. The van der Waals surface area contributed by atoms with E-state index in [9.17, 15) is 9.59 Å². The van der Waals surface area contributed by atoms with Gasteiger partial charge in [0, 0.05) is 20.0 Å². The Morgan fingerprint density at radius 3 is 2.17 bits per heavy atom. The summed E-state index contributed by atoms with van der Waals surface area (Å²) in [4.78, 5) is 23.7. The number of carbonyl (C=O) groups is 2. The first kappa shape index (κ1) is 9.19. The monoisotopic (exact) mass is 171 g/mol. The third-order valence-corrected chi connectivity index (χ3v) is 1.89. The van der Waals surface area contributed by atoms with Gasteiger partial charge in [-0.25, -0.2) is 0 Å². The van der Waals surface area contributed by atoms with Gasteiger partial charge in [0.15, 0.2) is 0 Å². The van der Waals surface area contributed by atoms with Crippen molar-refractivity contribution in [1.82, 2.24) is 4.90 Å². The second kappa shape index (κ2) is 4.21. The molecule has 1 saturated heterocycles. The number of hydrogen-bond donors (Lipinski definition) is 0. The summed E-state index contributed by atoms with van der Waals surface area (Å²) in [6.07, 6.45) is 2.56. The molecule has 12 heavy (non-hydrogen) atoms. The Hall–Kier alpha value is -0.900. The Bertz CT molecular complexity index is 173. The summed E-state index contributed by atoms with van der Waals surface area (Å²) in [5, 5.41) is 0. The molecule has 1 heterocycles. The van der Waals surface area contributed by atoms with Gasteiger partial charge < -0.3 is 4.74 Å². The fourth-order valence-electron chi connectivity index (χ4n) is 1.23. The molecule has 0 aromatic rings. The summed E-state index contributed by atoms with van der Waals surface area (Å²) < 4.78 is 4.76. The summed E-state index contributed by atoms with van der Waals surface area (Å²) in [7, 11) is 1.48. The standard InChI is InChI=1S/C8H13NO3/c1-12-6-9-7(10)4-2-3-5-8(9)11/h2-6H2,1H3. The van der Waals surface area contributed by atoms with E-state index in [2.05, 4.69) is 0 Å². The average Bonchev–Trinajstić information content (AvgIpc) is 2.19. The van der Waals surface area contributed by atoms with Gasteiger partial charge in [-0.15, -0.1) is 0 Å². The minimum atomic E-state index is -0.112. The van der Waals surface area contributed by atoms with Crippen LogP contribution in [0.15, 0.2) is 0 Å². The SMILES string of the molecule is COCN1C(=O)CCCCC1=O. The lowest BCUT2D eigenvalue weighted by Crippen LogP contribution is -2.36. The van der Waals surface area contributed by atoms with Gasteiger partial charge in [-0.3, -0.25) is 14.5 Å². The Morgan fingerprint density at radius 1 is 1.25 bits per heavy atom. The van der Waals surface area contributed by atoms with Crippen molar-refractivity contribution in [2.45, 2.75) is 25.7 Å². The number of rotatable bonds is 2. The summed E-state index contributed by atoms with van der Waals surface area (Å²) in [5.41, 5.74) is 0. The lowest BCUT2D eigenvalue weighted by Gasteiger charge is -2.16. The second-order valence-corrected chi connectivity index (χ2v) is 2.84. The minimum absolute atomic E-state index is 0.0949. The van der Waals surface area contributed by atoms with Crippen LogP contribution in [0.4, 0.5) is 0 Å². The number of imide groups is 1. The number of hydrogen-bond acceptors (Lipinski definition) is 3. The first-order chi connectivity index (χ1) is 5.75. The van der Waals surface area contributed by atoms with Crippen LogP contribution in [-0.2, 0) is 14.3 Å². The fraction of sp³-hybridized carbons (Fsp3) is 0.750. The van der Waals surface area contributed by atoms with Crippen LogP contribution in [0.2, 0.25) is 0 Å². The molecule has 0 radical (unpaired) electrons. The summed E-state index contributed by atoms with van der Waals surface area (Å²) in [5.74, 6) is -0.223.